The van der Waals surface area contributed by atoms with Crippen LogP contribution in [0.3, 0.4) is 0 Å². The SMILES string of the molecule is Cc1[nH]c(C(=O)O)c(C)c1S(=O)(=O)N1CCN(C)CC1C. The molecule has 1 aliphatic rings. The van der Waals surface area contributed by atoms with Crippen LogP contribution >= 0.6 is 0 Å². The summed E-state index contributed by atoms with van der Waals surface area (Å²) in [5, 5.41) is 9.12. The Morgan fingerprint density at radius 3 is 2.43 bits per heavy atom. The molecule has 2 rings (SSSR count). The maximum Gasteiger partial charge on any atom is 0.352 e. The maximum absolute atomic E-state index is 12.9. The number of hydrogen-bond acceptors (Lipinski definition) is 4. The van der Waals surface area contributed by atoms with E-state index in [1.54, 1.807) is 6.92 Å². The van der Waals surface area contributed by atoms with Gasteiger partial charge in [-0.3, -0.25) is 0 Å². The summed E-state index contributed by atoms with van der Waals surface area (Å²) in [5.74, 6) is -1.15. The Morgan fingerprint density at radius 2 is 1.95 bits per heavy atom. The van der Waals surface area contributed by atoms with E-state index in [4.69, 9.17) is 5.11 Å². The molecule has 1 aromatic heterocycles. The number of carboxylic acids is 1. The molecule has 0 radical (unpaired) electrons. The summed E-state index contributed by atoms with van der Waals surface area (Å²) in [6, 6.07) is -0.143. The fourth-order valence-electron chi connectivity index (χ4n) is 2.93. The number of aryl methyl sites for hydroxylation is 1. The van der Waals surface area contributed by atoms with Crippen LogP contribution in [-0.4, -0.2) is 66.4 Å². The number of aromatic nitrogens is 1. The molecule has 8 heteroatoms. The van der Waals surface area contributed by atoms with Gasteiger partial charge in [0.1, 0.15) is 10.6 Å². The zero-order chi connectivity index (χ0) is 15.9. The normalized spacial score (nSPS) is 21.6. The molecule has 118 valence electrons. The summed E-state index contributed by atoms with van der Waals surface area (Å²) in [6.45, 7) is 6.72. The van der Waals surface area contributed by atoms with E-state index in [1.807, 2.05) is 14.0 Å². The lowest BCUT2D eigenvalue weighted by molar-refractivity contribution is 0.0690. The fourth-order valence-corrected chi connectivity index (χ4v) is 4.95. The maximum atomic E-state index is 12.9. The van der Waals surface area contributed by atoms with Crippen LogP contribution in [0.5, 0.6) is 0 Å². The van der Waals surface area contributed by atoms with E-state index >= 15 is 0 Å². The molecular weight excluding hydrogens is 294 g/mol. The number of rotatable bonds is 3. The number of sulfonamides is 1. The van der Waals surface area contributed by atoms with Gasteiger partial charge in [0.2, 0.25) is 10.0 Å². The van der Waals surface area contributed by atoms with Crippen molar-refractivity contribution in [3.8, 4) is 0 Å². The average molecular weight is 315 g/mol. The molecule has 1 aliphatic heterocycles. The summed E-state index contributed by atoms with van der Waals surface area (Å²) in [5.41, 5.74) is 0.579. The van der Waals surface area contributed by atoms with E-state index in [0.29, 0.717) is 25.3 Å². The van der Waals surface area contributed by atoms with Gasteiger partial charge in [0.15, 0.2) is 0 Å². The summed E-state index contributed by atoms with van der Waals surface area (Å²) in [6.07, 6.45) is 0. The zero-order valence-electron chi connectivity index (χ0n) is 12.7. The first-order valence-corrected chi connectivity index (χ1v) is 8.23. The number of nitrogens with one attached hydrogen (secondary N) is 1. The Labute approximate surface area is 124 Å². The van der Waals surface area contributed by atoms with Crippen LogP contribution in [0.4, 0.5) is 0 Å². The predicted octanol–water partition coefficient (Wildman–Crippen LogP) is 0.654. The second-order valence-electron chi connectivity index (χ2n) is 5.61. The number of piperazine rings is 1. The minimum Gasteiger partial charge on any atom is -0.477 e. The Morgan fingerprint density at radius 1 is 1.33 bits per heavy atom. The molecule has 2 N–H and O–H groups in total. The lowest BCUT2D eigenvalue weighted by Gasteiger charge is -2.37. The summed E-state index contributed by atoms with van der Waals surface area (Å²) in [7, 11) is -1.74. The van der Waals surface area contributed by atoms with Gasteiger partial charge in [-0.05, 0) is 27.8 Å². The highest BCUT2D eigenvalue weighted by atomic mass is 32.2. The highest BCUT2D eigenvalue weighted by Crippen LogP contribution is 2.28. The number of aromatic amines is 1. The fraction of sp³-hybridized carbons (Fsp3) is 0.615. The molecule has 0 saturated carbocycles. The van der Waals surface area contributed by atoms with Crippen LogP contribution < -0.4 is 0 Å². The Kier molecular flexibility index (Phi) is 4.14. The van der Waals surface area contributed by atoms with Crippen LogP contribution in [0.1, 0.15) is 28.7 Å². The van der Waals surface area contributed by atoms with Crippen molar-refractivity contribution in [2.75, 3.05) is 26.7 Å². The van der Waals surface area contributed by atoms with Gasteiger partial charge in [-0.25, -0.2) is 13.2 Å². The number of aromatic carboxylic acids is 1. The summed E-state index contributed by atoms with van der Waals surface area (Å²) in [4.78, 5) is 16.0. The van der Waals surface area contributed by atoms with Gasteiger partial charge in [-0.1, -0.05) is 0 Å². The molecule has 7 nitrogen and oxygen atoms in total. The molecule has 1 unspecified atom stereocenters. The predicted molar refractivity (Wildman–Crippen MR) is 78.1 cm³/mol. The molecule has 21 heavy (non-hydrogen) atoms. The first-order chi connectivity index (χ1) is 9.66. The first-order valence-electron chi connectivity index (χ1n) is 6.79. The second-order valence-corrected chi connectivity index (χ2v) is 7.44. The van der Waals surface area contributed by atoms with Crippen molar-refractivity contribution in [1.29, 1.82) is 0 Å². The molecule has 0 aliphatic carbocycles. The van der Waals surface area contributed by atoms with Crippen LogP contribution in [0.15, 0.2) is 4.90 Å². The van der Waals surface area contributed by atoms with Crippen molar-refractivity contribution < 1.29 is 18.3 Å². The van der Waals surface area contributed by atoms with Crippen LogP contribution in [0.25, 0.3) is 0 Å². The second kappa shape index (κ2) is 5.43. The first kappa shape index (κ1) is 16.0. The lowest BCUT2D eigenvalue weighted by atomic mass is 10.2. The number of nitrogens with zero attached hydrogens (tertiary/aromatic N) is 2. The standard InChI is InChI=1S/C13H21N3O4S/c1-8-7-15(4)5-6-16(8)21(19,20)12-9(2)11(13(17)18)14-10(12)3/h8,14H,5-7H2,1-4H3,(H,17,18). The minimum atomic E-state index is -3.70. The van der Waals surface area contributed by atoms with E-state index < -0.39 is 16.0 Å². The van der Waals surface area contributed by atoms with E-state index in [-0.39, 0.29) is 22.2 Å². The number of carboxylic acid groups (broad SMARTS) is 1. The number of H-pyrrole nitrogens is 1. The third-order valence-electron chi connectivity index (χ3n) is 3.92. The van der Waals surface area contributed by atoms with Gasteiger partial charge in [0.25, 0.3) is 0 Å². The van der Waals surface area contributed by atoms with E-state index in [0.717, 1.165) is 0 Å². The number of hydrogen-bond donors (Lipinski definition) is 2. The van der Waals surface area contributed by atoms with Gasteiger partial charge in [-0.15, -0.1) is 0 Å². The van der Waals surface area contributed by atoms with Crippen molar-refractivity contribution in [3.05, 3.63) is 17.0 Å². The number of likely N-dealkylation sites (N-methyl/N-ethyl adjacent to an activating group) is 1. The molecule has 1 fully saturated rings. The molecule has 0 bridgehead atoms. The van der Waals surface area contributed by atoms with Gasteiger partial charge >= 0.3 is 5.97 Å². The van der Waals surface area contributed by atoms with Crippen molar-refractivity contribution in [1.82, 2.24) is 14.2 Å². The van der Waals surface area contributed by atoms with Gasteiger partial charge in [-0.2, -0.15) is 4.31 Å². The molecule has 0 amide bonds. The van der Waals surface area contributed by atoms with Crippen LogP contribution in [0.2, 0.25) is 0 Å². The molecule has 1 aromatic rings. The van der Waals surface area contributed by atoms with Crippen molar-refractivity contribution in [2.45, 2.75) is 31.7 Å². The third-order valence-corrected chi connectivity index (χ3v) is 6.21. The molecular formula is C13H21N3O4S. The molecule has 1 atom stereocenters. The van der Waals surface area contributed by atoms with E-state index in [2.05, 4.69) is 9.88 Å². The zero-order valence-corrected chi connectivity index (χ0v) is 13.5. The van der Waals surface area contributed by atoms with Crippen LogP contribution in [-0.2, 0) is 10.0 Å². The third kappa shape index (κ3) is 2.70. The van der Waals surface area contributed by atoms with E-state index in [1.165, 1.54) is 11.2 Å². The van der Waals surface area contributed by atoms with Gasteiger partial charge in [0, 0.05) is 36.9 Å². The smallest absolute Gasteiger partial charge is 0.352 e. The quantitative estimate of drug-likeness (QED) is 0.854. The molecule has 0 spiro atoms. The highest BCUT2D eigenvalue weighted by molar-refractivity contribution is 7.89. The molecule has 1 saturated heterocycles. The van der Waals surface area contributed by atoms with E-state index in [9.17, 15) is 13.2 Å². The Balaban J connectivity index is 2.48. The summed E-state index contributed by atoms with van der Waals surface area (Å²) >= 11 is 0. The van der Waals surface area contributed by atoms with Gasteiger partial charge < -0.3 is 15.0 Å². The largest absolute Gasteiger partial charge is 0.477 e. The molecule has 0 aromatic carbocycles. The van der Waals surface area contributed by atoms with Crippen molar-refractivity contribution in [2.24, 2.45) is 0 Å². The van der Waals surface area contributed by atoms with Gasteiger partial charge in [0.05, 0.1) is 0 Å². The Bertz CT molecular complexity index is 665. The average Bonchev–Trinajstić information content (AvgIpc) is 2.64. The van der Waals surface area contributed by atoms with Crippen molar-refractivity contribution >= 4 is 16.0 Å². The number of carbonyl (C=O) groups is 1. The van der Waals surface area contributed by atoms with Crippen molar-refractivity contribution in [3.63, 3.8) is 0 Å². The highest BCUT2D eigenvalue weighted by Gasteiger charge is 2.36. The lowest BCUT2D eigenvalue weighted by Crippen LogP contribution is -2.52. The van der Waals surface area contributed by atoms with Crippen LogP contribution in [0, 0.1) is 13.8 Å². The monoisotopic (exact) mass is 315 g/mol. The topological polar surface area (TPSA) is 93.7 Å². The minimum absolute atomic E-state index is 0.0622. The molecule has 2 heterocycles. The summed E-state index contributed by atoms with van der Waals surface area (Å²) < 4.78 is 27.2. The Hall–Kier alpha value is -1.38.